The van der Waals surface area contributed by atoms with Crippen molar-refractivity contribution >= 4 is 18.0 Å². The van der Waals surface area contributed by atoms with E-state index in [2.05, 4.69) is 0 Å². The normalized spacial score (nSPS) is 11.8. The van der Waals surface area contributed by atoms with Gasteiger partial charge >= 0.3 is 5.97 Å². The van der Waals surface area contributed by atoms with Crippen LogP contribution in [0.1, 0.15) is 32.3 Å². The van der Waals surface area contributed by atoms with Gasteiger partial charge in [-0.05, 0) is 45.9 Å². The number of amides is 1. The van der Waals surface area contributed by atoms with Crippen LogP contribution in [-0.4, -0.2) is 34.0 Å². The fraction of sp³-hybridized carbons (Fsp3) is 0.429. The number of aryl methyl sites for hydroxylation is 1. The molecule has 0 aromatic carbocycles. The smallest absolute Gasteiger partial charge is 0.323 e. The second-order valence-electron chi connectivity index (χ2n) is 5.27. The number of carboxylic acids is 1. The molecule has 5 heteroatoms. The summed E-state index contributed by atoms with van der Waals surface area (Å²) in [6, 6.07) is 3.54. The minimum absolute atomic E-state index is 0.330. The lowest BCUT2D eigenvalue weighted by molar-refractivity contribution is -0.145. The number of carbonyl (C=O) groups excluding carboxylic acids is 1. The van der Waals surface area contributed by atoms with Crippen LogP contribution in [0.25, 0.3) is 6.08 Å². The highest BCUT2D eigenvalue weighted by molar-refractivity contribution is 5.93. The van der Waals surface area contributed by atoms with Gasteiger partial charge in [-0.3, -0.25) is 9.59 Å². The Kier molecular flexibility index (Phi) is 4.53. The molecule has 1 rings (SSSR count). The number of nitrogens with zero attached hydrogens (tertiary/aromatic N) is 1. The van der Waals surface area contributed by atoms with Gasteiger partial charge in [-0.25, -0.2) is 0 Å². The molecule has 0 spiro atoms. The molecule has 0 bridgehead atoms. The van der Waals surface area contributed by atoms with Crippen LogP contribution < -0.4 is 0 Å². The predicted octanol–water partition coefficient (Wildman–Crippen LogP) is 2.31. The quantitative estimate of drug-likeness (QED) is 0.848. The SMILES string of the molecule is Cc1ccc(C=CC(=O)N(CC(=O)O)C(C)(C)C)o1. The van der Waals surface area contributed by atoms with E-state index in [1.807, 2.05) is 6.92 Å². The molecule has 1 aromatic heterocycles. The second-order valence-corrected chi connectivity index (χ2v) is 5.27. The maximum atomic E-state index is 12.0. The number of aliphatic carboxylic acids is 1. The van der Waals surface area contributed by atoms with Crippen LogP contribution in [0.3, 0.4) is 0 Å². The van der Waals surface area contributed by atoms with E-state index in [0.29, 0.717) is 5.76 Å². The van der Waals surface area contributed by atoms with Crippen LogP contribution in [0.5, 0.6) is 0 Å². The van der Waals surface area contributed by atoms with Crippen LogP contribution in [-0.2, 0) is 9.59 Å². The average molecular weight is 265 g/mol. The van der Waals surface area contributed by atoms with E-state index in [-0.39, 0.29) is 12.5 Å². The van der Waals surface area contributed by atoms with Gasteiger partial charge in [0.2, 0.25) is 5.91 Å². The zero-order chi connectivity index (χ0) is 14.6. The number of carbonyl (C=O) groups is 2. The number of furan rings is 1. The Morgan fingerprint density at radius 1 is 1.37 bits per heavy atom. The van der Waals surface area contributed by atoms with Gasteiger partial charge in [0, 0.05) is 11.6 Å². The van der Waals surface area contributed by atoms with Crippen molar-refractivity contribution in [3.8, 4) is 0 Å². The van der Waals surface area contributed by atoms with Crippen LogP contribution in [0.2, 0.25) is 0 Å². The fourth-order valence-corrected chi connectivity index (χ4v) is 1.57. The van der Waals surface area contributed by atoms with Crippen molar-refractivity contribution in [1.29, 1.82) is 0 Å². The van der Waals surface area contributed by atoms with Gasteiger partial charge in [-0.15, -0.1) is 0 Å². The third kappa shape index (κ3) is 4.62. The molecule has 0 saturated heterocycles. The third-order valence-corrected chi connectivity index (χ3v) is 2.52. The number of hydrogen-bond acceptors (Lipinski definition) is 3. The summed E-state index contributed by atoms with van der Waals surface area (Å²) in [4.78, 5) is 24.1. The maximum absolute atomic E-state index is 12.0. The van der Waals surface area contributed by atoms with Gasteiger partial charge in [0.1, 0.15) is 18.1 Å². The molecule has 1 aromatic rings. The Balaban J connectivity index is 2.83. The molecule has 0 aliphatic heterocycles. The molecule has 1 N–H and O–H groups in total. The molecule has 1 amide bonds. The largest absolute Gasteiger partial charge is 0.480 e. The van der Waals surface area contributed by atoms with E-state index in [4.69, 9.17) is 9.52 Å². The first-order valence-electron chi connectivity index (χ1n) is 5.98. The molecule has 1 heterocycles. The van der Waals surface area contributed by atoms with E-state index in [1.54, 1.807) is 32.9 Å². The second kappa shape index (κ2) is 5.73. The fourth-order valence-electron chi connectivity index (χ4n) is 1.57. The van der Waals surface area contributed by atoms with Crippen LogP contribution in [0, 0.1) is 6.92 Å². The lowest BCUT2D eigenvalue weighted by Crippen LogP contribution is -2.47. The zero-order valence-electron chi connectivity index (χ0n) is 11.6. The van der Waals surface area contributed by atoms with Crippen molar-refractivity contribution in [3.05, 3.63) is 29.7 Å². The first-order valence-corrected chi connectivity index (χ1v) is 5.98. The van der Waals surface area contributed by atoms with E-state index in [0.717, 1.165) is 5.76 Å². The first-order chi connectivity index (χ1) is 8.70. The minimum atomic E-state index is -1.04. The minimum Gasteiger partial charge on any atom is -0.480 e. The molecular formula is C14H19NO4. The molecule has 0 atom stereocenters. The van der Waals surface area contributed by atoms with Crippen LogP contribution in [0.15, 0.2) is 22.6 Å². The Bertz CT molecular complexity index is 494. The highest BCUT2D eigenvalue weighted by atomic mass is 16.4. The molecule has 104 valence electrons. The number of carboxylic acid groups (broad SMARTS) is 1. The van der Waals surface area contributed by atoms with Gasteiger partial charge in [-0.1, -0.05) is 0 Å². The van der Waals surface area contributed by atoms with Crippen molar-refractivity contribution in [2.45, 2.75) is 33.2 Å². The molecule has 0 unspecified atom stereocenters. The van der Waals surface area contributed by atoms with Gasteiger partial charge in [0.15, 0.2) is 0 Å². The standard InChI is InChI=1S/C14H19NO4/c1-10-5-6-11(19-10)7-8-12(16)15(9-13(17)18)14(2,3)4/h5-8H,9H2,1-4H3,(H,17,18). The molecule has 5 nitrogen and oxygen atoms in total. The van der Waals surface area contributed by atoms with E-state index >= 15 is 0 Å². The summed E-state index contributed by atoms with van der Waals surface area (Å²) in [5.74, 6) is -0.0742. The van der Waals surface area contributed by atoms with E-state index in [1.165, 1.54) is 17.1 Å². The molecule has 19 heavy (non-hydrogen) atoms. The van der Waals surface area contributed by atoms with Gasteiger partial charge in [0.05, 0.1) is 0 Å². The number of hydrogen-bond donors (Lipinski definition) is 1. The highest BCUT2D eigenvalue weighted by Gasteiger charge is 2.26. The summed E-state index contributed by atoms with van der Waals surface area (Å²) in [5.41, 5.74) is -0.557. The van der Waals surface area contributed by atoms with Gasteiger partial charge < -0.3 is 14.4 Å². The molecule has 0 radical (unpaired) electrons. The van der Waals surface area contributed by atoms with Gasteiger partial charge in [0.25, 0.3) is 0 Å². The van der Waals surface area contributed by atoms with Crippen molar-refractivity contribution in [1.82, 2.24) is 4.90 Å². The summed E-state index contributed by atoms with van der Waals surface area (Å²) in [6.45, 7) is 6.85. The molecule has 0 fully saturated rings. The summed E-state index contributed by atoms with van der Waals surface area (Å²) in [5, 5.41) is 8.85. The summed E-state index contributed by atoms with van der Waals surface area (Å²) in [6.07, 6.45) is 2.86. The molecular weight excluding hydrogens is 246 g/mol. The van der Waals surface area contributed by atoms with E-state index < -0.39 is 11.5 Å². The van der Waals surface area contributed by atoms with Gasteiger partial charge in [-0.2, -0.15) is 0 Å². The number of rotatable bonds is 4. The topological polar surface area (TPSA) is 70.8 Å². The lowest BCUT2D eigenvalue weighted by Gasteiger charge is -2.33. The summed E-state index contributed by atoms with van der Waals surface area (Å²) >= 11 is 0. The van der Waals surface area contributed by atoms with Crippen molar-refractivity contribution in [2.75, 3.05) is 6.54 Å². The lowest BCUT2D eigenvalue weighted by atomic mass is 10.1. The van der Waals surface area contributed by atoms with Crippen LogP contribution in [0.4, 0.5) is 0 Å². The van der Waals surface area contributed by atoms with Crippen molar-refractivity contribution in [3.63, 3.8) is 0 Å². The highest BCUT2D eigenvalue weighted by Crippen LogP contribution is 2.15. The Morgan fingerprint density at radius 2 is 2.00 bits per heavy atom. The van der Waals surface area contributed by atoms with E-state index in [9.17, 15) is 9.59 Å². The van der Waals surface area contributed by atoms with Crippen LogP contribution >= 0.6 is 0 Å². The first kappa shape index (κ1) is 15.0. The van der Waals surface area contributed by atoms with Crippen molar-refractivity contribution in [2.24, 2.45) is 0 Å². The Hall–Kier alpha value is -2.04. The Labute approximate surface area is 112 Å². The summed E-state index contributed by atoms with van der Waals surface area (Å²) in [7, 11) is 0. The molecule has 0 aliphatic rings. The Morgan fingerprint density at radius 3 is 2.42 bits per heavy atom. The van der Waals surface area contributed by atoms with Crippen molar-refractivity contribution < 1.29 is 19.1 Å². The third-order valence-electron chi connectivity index (χ3n) is 2.52. The summed E-state index contributed by atoms with van der Waals surface area (Å²) < 4.78 is 5.31. The monoisotopic (exact) mass is 265 g/mol. The molecule has 0 aliphatic carbocycles. The predicted molar refractivity (Wildman–Crippen MR) is 71.6 cm³/mol. The molecule has 0 saturated carbocycles. The zero-order valence-corrected chi connectivity index (χ0v) is 11.6. The maximum Gasteiger partial charge on any atom is 0.323 e. The average Bonchev–Trinajstić information content (AvgIpc) is 2.67.